The number of aromatic nitrogens is 1. The van der Waals surface area contributed by atoms with Crippen LogP contribution in [-0.2, 0) is 13.5 Å². The van der Waals surface area contributed by atoms with E-state index in [1.807, 2.05) is 18.2 Å². The van der Waals surface area contributed by atoms with Crippen LogP contribution in [0.15, 0.2) is 52.9 Å². The number of hydrogen-bond acceptors (Lipinski definition) is 1. The van der Waals surface area contributed by atoms with Crippen molar-refractivity contribution >= 4 is 51.8 Å². The predicted molar refractivity (Wildman–Crippen MR) is 155 cm³/mol. The fourth-order valence-corrected chi connectivity index (χ4v) is 6.54. The van der Waals surface area contributed by atoms with Crippen molar-refractivity contribution in [3.8, 4) is 11.3 Å². The standard InChI is InChI=1S/C32H35N2OSi/c1-19(2)14-22-16-29(34(6)28-13-11-24(18-26(22)28)36(7,8)9)31-21(4)20(3)15-27-25-12-10-23(33-5)17-30(25)35-32(27)31/h10-13,15-19H,14H2,1-4,6-9H3/q+1. The van der Waals surface area contributed by atoms with E-state index in [4.69, 9.17) is 11.0 Å². The minimum atomic E-state index is -1.43. The molecule has 0 saturated carbocycles. The molecule has 2 aromatic heterocycles. The summed E-state index contributed by atoms with van der Waals surface area (Å²) >= 11 is 0. The van der Waals surface area contributed by atoms with Gasteiger partial charge in [0.1, 0.15) is 18.2 Å². The fraction of sp³-hybridized carbons (Fsp3) is 0.312. The van der Waals surface area contributed by atoms with Gasteiger partial charge in [-0.3, -0.25) is 0 Å². The van der Waals surface area contributed by atoms with Gasteiger partial charge in [-0.15, -0.1) is 0 Å². The number of fused-ring (bicyclic) bond motifs is 4. The molecule has 0 aliphatic heterocycles. The van der Waals surface area contributed by atoms with Gasteiger partial charge >= 0.3 is 0 Å². The Morgan fingerprint density at radius 3 is 2.36 bits per heavy atom. The Bertz CT molecular complexity index is 1710. The number of nitrogens with zero attached hydrogens (tertiary/aromatic N) is 2. The third kappa shape index (κ3) is 3.92. The maximum Gasteiger partial charge on any atom is 0.217 e. The molecule has 0 aliphatic rings. The summed E-state index contributed by atoms with van der Waals surface area (Å²) in [7, 11) is 0.746. The van der Waals surface area contributed by atoms with Crippen LogP contribution in [0.2, 0.25) is 19.6 Å². The topological polar surface area (TPSA) is 21.4 Å². The first kappa shape index (κ1) is 24.3. The Hall–Kier alpha value is -3.42. The Balaban J connectivity index is 1.89. The normalized spacial score (nSPS) is 12.2. The molecule has 0 fully saturated rings. The lowest BCUT2D eigenvalue weighted by molar-refractivity contribution is -0.633. The maximum atomic E-state index is 7.42. The highest BCUT2D eigenvalue weighted by Gasteiger charge is 2.27. The molecule has 182 valence electrons. The molecular weight excluding hydrogens is 456 g/mol. The van der Waals surface area contributed by atoms with Crippen molar-refractivity contribution in [3.05, 3.63) is 76.6 Å². The van der Waals surface area contributed by atoms with Crippen molar-refractivity contribution in [2.24, 2.45) is 13.0 Å². The zero-order chi connectivity index (χ0) is 25.9. The first-order valence-electron chi connectivity index (χ1n) is 12.8. The number of hydrogen-bond donors (Lipinski definition) is 0. The van der Waals surface area contributed by atoms with Gasteiger partial charge in [0.25, 0.3) is 0 Å². The van der Waals surface area contributed by atoms with E-state index in [1.54, 1.807) is 0 Å². The molecule has 2 heterocycles. The van der Waals surface area contributed by atoms with Crippen molar-refractivity contribution in [2.75, 3.05) is 0 Å². The van der Waals surface area contributed by atoms with Gasteiger partial charge in [0, 0.05) is 28.3 Å². The van der Waals surface area contributed by atoms with Gasteiger partial charge in [-0.25, -0.2) is 4.85 Å². The summed E-state index contributed by atoms with van der Waals surface area (Å²) in [6, 6.07) is 17.5. The Morgan fingerprint density at radius 1 is 0.944 bits per heavy atom. The third-order valence-corrected chi connectivity index (χ3v) is 9.57. The maximum absolute atomic E-state index is 7.42. The van der Waals surface area contributed by atoms with E-state index in [0.717, 1.165) is 33.9 Å². The van der Waals surface area contributed by atoms with Crippen LogP contribution >= 0.6 is 0 Å². The van der Waals surface area contributed by atoms with Crippen molar-refractivity contribution in [1.82, 2.24) is 0 Å². The molecule has 0 saturated heterocycles. The molecule has 0 radical (unpaired) electrons. The van der Waals surface area contributed by atoms with Gasteiger partial charge in [0.05, 0.1) is 20.2 Å². The van der Waals surface area contributed by atoms with Gasteiger partial charge in [-0.1, -0.05) is 56.9 Å². The largest absolute Gasteiger partial charge is 0.456 e. The van der Waals surface area contributed by atoms with E-state index in [-0.39, 0.29) is 0 Å². The molecule has 3 aromatic carbocycles. The first-order chi connectivity index (χ1) is 17.0. The number of pyridine rings is 1. The number of furan rings is 1. The zero-order valence-corrected chi connectivity index (χ0v) is 23.7. The number of aryl methyl sites for hydroxylation is 2. The lowest BCUT2D eigenvalue weighted by Crippen LogP contribution is -2.39. The molecule has 0 N–H and O–H groups in total. The summed E-state index contributed by atoms with van der Waals surface area (Å²) in [5.74, 6) is 0.557. The Kier molecular flexibility index (Phi) is 5.80. The van der Waals surface area contributed by atoms with E-state index in [0.29, 0.717) is 11.6 Å². The second-order valence-corrected chi connectivity index (χ2v) is 16.7. The first-order valence-corrected chi connectivity index (χ1v) is 16.3. The van der Waals surface area contributed by atoms with Gasteiger partial charge in [0.2, 0.25) is 11.2 Å². The van der Waals surface area contributed by atoms with Crippen molar-refractivity contribution in [2.45, 2.75) is 53.8 Å². The molecule has 0 unspecified atom stereocenters. The van der Waals surface area contributed by atoms with E-state index in [9.17, 15) is 0 Å². The summed E-state index contributed by atoms with van der Waals surface area (Å²) in [5, 5.41) is 5.03. The number of benzene rings is 3. The molecule has 0 aliphatic carbocycles. The minimum Gasteiger partial charge on any atom is -0.456 e. The van der Waals surface area contributed by atoms with Gasteiger partial charge < -0.3 is 4.42 Å². The number of rotatable bonds is 4. The van der Waals surface area contributed by atoms with Crippen molar-refractivity contribution < 1.29 is 8.98 Å². The van der Waals surface area contributed by atoms with Crippen LogP contribution in [0.3, 0.4) is 0 Å². The molecule has 0 amide bonds. The predicted octanol–water partition coefficient (Wildman–Crippen LogP) is 8.14. The summed E-state index contributed by atoms with van der Waals surface area (Å²) < 4.78 is 8.86. The summed E-state index contributed by atoms with van der Waals surface area (Å²) in [5.41, 5.74) is 9.73. The average Bonchev–Trinajstić information content (AvgIpc) is 3.17. The molecule has 4 heteroatoms. The van der Waals surface area contributed by atoms with Crippen molar-refractivity contribution in [3.63, 3.8) is 0 Å². The highest BCUT2D eigenvalue weighted by atomic mass is 28.3. The molecule has 0 spiro atoms. The van der Waals surface area contributed by atoms with Gasteiger partial charge in [0.15, 0.2) is 5.69 Å². The zero-order valence-electron chi connectivity index (χ0n) is 22.7. The smallest absolute Gasteiger partial charge is 0.217 e. The van der Waals surface area contributed by atoms with Crippen LogP contribution in [0.25, 0.3) is 48.9 Å². The summed E-state index contributed by atoms with van der Waals surface area (Å²) in [6.07, 6.45) is 1.03. The molecule has 5 aromatic rings. The lowest BCUT2D eigenvalue weighted by Gasteiger charge is -2.19. The third-order valence-electron chi connectivity index (χ3n) is 7.52. The quantitative estimate of drug-likeness (QED) is 0.141. The Labute approximate surface area is 215 Å². The molecule has 3 nitrogen and oxygen atoms in total. The van der Waals surface area contributed by atoms with Crippen LogP contribution in [0, 0.1) is 26.3 Å². The second-order valence-electron chi connectivity index (χ2n) is 11.7. The monoisotopic (exact) mass is 491 g/mol. The van der Waals surface area contributed by atoms with E-state index < -0.39 is 8.07 Å². The van der Waals surface area contributed by atoms with Crippen LogP contribution in [0.5, 0.6) is 0 Å². The Morgan fingerprint density at radius 2 is 1.69 bits per heavy atom. The van der Waals surface area contributed by atoms with Crippen LogP contribution in [0.4, 0.5) is 5.69 Å². The van der Waals surface area contributed by atoms with E-state index in [2.05, 4.69) is 94.1 Å². The summed E-state index contributed by atoms with van der Waals surface area (Å²) in [6.45, 7) is 23.6. The van der Waals surface area contributed by atoms with Crippen LogP contribution in [-0.4, -0.2) is 8.07 Å². The fourth-order valence-electron chi connectivity index (χ4n) is 5.37. The van der Waals surface area contributed by atoms with Gasteiger partial charge in [-0.2, -0.15) is 4.57 Å². The molecule has 0 atom stereocenters. The van der Waals surface area contributed by atoms with Gasteiger partial charge in [-0.05, 0) is 61.1 Å². The second kappa shape index (κ2) is 8.60. The lowest BCUT2D eigenvalue weighted by atomic mass is 9.92. The molecule has 5 rings (SSSR count). The highest BCUT2D eigenvalue weighted by Crippen LogP contribution is 2.40. The molecule has 36 heavy (non-hydrogen) atoms. The van der Waals surface area contributed by atoms with Crippen LogP contribution < -0.4 is 9.75 Å². The van der Waals surface area contributed by atoms with Crippen LogP contribution in [0.1, 0.15) is 30.5 Å². The minimum absolute atomic E-state index is 0.557. The average molecular weight is 492 g/mol. The van der Waals surface area contributed by atoms with E-state index >= 15 is 0 Å². The van der Waals surface area contributed by atoms with E-state index in [1.165, 1.54) is 38.5 Å². The highest BCUT2D eigenvalue weighted by molar-refractivity contribution is 6.88. The SMILES string of the molecule is [C-]#[N+]c1ccc2c(c1)oc1c(-c3cc(CC(C)C)c4cc([Si](C)(C)C)ccc4[n+]3C)c(C)c(C)cc12. The molecular formula is C32H35N2OSi+. The molecule has 0 bridgehead atoms. The summed E-state index contributed by atoms with van der Waals surface area (Å²) in [4.78, 5) is 3.61. The van der Waals surface area contributed by atoms with Crippen molar-refractivity contribution in [1.29, 1.82) is 0 Å².